The summed E-state index contributed by atoms with van der Waals surface area (Å²) in [5, 5.41) is 0.175. The van der Waals surface area contributed by atoms with E-state index in [2.05, 4.69) is 4.98 Å². The number of halogens is 3. The van der Waals surface area contributed by atoms with Crippen LogP contribution in [0.25, 0.3) is 0 Å². The molecule has 0 N–H and O–H groups in total. The average molecular weight is 360 g/mol. The first kappa shape index (κ1) is 17.6. The van der Waals surface area contributed by atoms with E-state index in [1.165, 1.54) is 12.3 Å². The molecule has 0 aliphatic carbocycles. The fourth-order valence-corrected chi connectivity index (χ4v) is 2.12. The van der Waals surface area contributed by atoms with Crippen molar-refractivity contribution >= 4 is 26.4 Å². The van der Waals surface area contributed by atoms with Crippen molar-refractivity contribution in [2.75, 3.05) is 0 Å². The van der Waals surface area contributed by atoms with Gasteiger partial charge in [0.15, 0.2) is 17.1 Å². The van der Waals surface area contributed by atoms with Gasteiger partial charge in [0, 0.05) is 12.1 Å². The summed E-state index contributed by atoms with van der Waals surface area (Å²) in [6, 6.07) is 2.93. The van der Waals surface area contributed by atoms with Crippen molar-refractivity contribution in [3.8, 4) is 17.4 Å². The molecule has 0 fully saturated rings. The molecule has 23 heavy (non-hydrogen) atoms. The highest BCUT2D eigenvalue weighted by molar-refractivity contribution is 7.41. The summed E-state index contributed by atoms with van der Waals surface area (Å²) in [5.74, 6) is -1.83. The maximum atomic E-state index is 13.9. The predicted octanol–water partition coefficient (Wildman–Crippen LogP) is 4.61. The van der Waals surface area contributed by atoms with Gasteiger partial charge in [-0.2, -0.15) is 0 Å². The van der Waals surface area contributed by atoms with Gasteiger partial charge in [-0.1, -0.05) is 20.8 Å². The Morgan fingerprint density at radius 2 is 1.96 bits per heavy atom. The lowest BCUT2D eigenvalue weighted by Gasteiger charge is -2.12. The number of aromatic nitrogens is 1. The van der Waals surface area contributed by atoms with Crippen molar-refractivity contribution in [2.24, 2.45) is 0 Å². The third kappa shape index (κ3) is 4.36. The number of hydrogen-bond donors (Lipinski definition) is 0. The molecule has 8 heteroatoms. The average Bonchev–Trinajstić information content (AvgIpc) is 2.44. The summed E-state index contributed by atoms with van der Waals surface area (Å²) in [4.78, 5) is 15.1. The summed E-state index contributed by atoms with van der Waals surface area (Å²) in [7, 11) is 1.78. The third-order valence-electron chi connectivity index (χ3n) is 2.64. The molecule has 0 saturated heterocycles. The molecule has 0 aliphatic heterocycles. The topological polar surface area (TPSA) is 48.4 Å². The van der Waals surface area contributed by atoms with Gasteiger partial charge in [0.2, 0.25) is 5.88 Å². The molecular formula is C15H13ClF2NO3P. The number of nitrogens with zero attached hydrogens (tertiary/aromatic N) is 1. The van der Waals surface area contributed by atoms with E-state index < -0.39 is 17.2 Å². The molecule has 1 aromatic carbocycles. The summed E-state index contributed by atoms with van der Waals surface area (Å²) in [6.07, 6.45) is 1.16. The Kier molecular flexibility index (Phi) is 5.50. The highest BCUT2D eigenvalue weighted by atomic mass is 35.5. The SMILES string of the molecule is CC(C)Oc1ncc(Oc2cc(F)c(C(=O)P)cc2F)cc1Cl. The standard InChI is InChI=1S/C15H13ClF2NO3P/c1-7(2)21-14-10(16)3-8(6-19-14)22-13-5-11(17)9(15(20)23)4-12(13)18/h3-7H,23H2,1-2H3. The zero-order valence-corrected chi connectivity index (χ0v) is 14.2. The van der Waals surface area contributed by atoms with Gasteiger partial charge < -0.3 is 9.47 Å². The minimum atomic E-state index is -0.889. The van der Waals surface area contributed by atoms with Crippen LogP contribution in [-0.4, -0.2) is 16.6 Å². The van der Waals surface area contributed by atoms with E-state index in [0.717, 1.165) is 12.1 Å². The molecule has 0 spiro atoms. The van der Waals surface area contributed by atoms with Crippen molar-refractivity contribution < 1.29 is 23.0 Å². The molecular weight excluding hydrogens is 347 g/mol. The number of ether oxygens (including phenoxy) is 2. The number of rotatable bonds is 5. The Labute approximate surface area is 139 Å². The summed E-state index contributed by atoms with van der Waals surface area (Å²) < 4.78 is 38.2. The van der Waals surface area contributed by atoms with E-state index in [9.17, 15) is 13.6 Å². The monoisotopic (exact) mass is 359 g/mol. The Morgan fingerprint density at radius 1 is 1.26 bits per heavy atom. The van der Waals surface area contributed by atoms with Crippen LogP contribution in [0, 0.1) is 11.6 Å². The van der Waals surface area contributed by atoms with E-state index in [-0.39, 0.29) is 34.1 Å². The van der Waals surface area contributed by atoms with Crippen LogP contribution in [0.5, 0.6) is 17.4 Å². The highest BCUT2D eigenvalue weighted by Gasteiger charge is 2.16. The molecule has 1 heterocycles. The normalized spacial score (nSPS) is 10.7. The highest BCUT2D eigenvalue weighted by Crippen LogP contribution is 2.31. The number of pyridine rings is 1. The molecule has 1 aromatic heterocycles. The predicted molar refractivity (Wildman–Crippen MR) is 85.5 cm³/mol. The van der Waals surface area contributed by atoms with Crippen LogP contribution in [0.3, 0.4) is 0 Å². The van der Waals surface area contributed by atoms with E-state index in [1.54, 1.807) is 9.24 Å². The van der Waals surface area contributed by atoms with Gasteiger partial charge in [-0.25, -0.2) is 13.8 Å². The van der Waals surface area contributed by atoms with Crippen LogP contribution in [0.1, 0.15) is 24.2 Å². The zero-order chi connectivity index (χ0) is 17.1. The van der Waals surface area contributed by atoms with Crippen molar-refractivity contribution in [2.45, 2.75) is 20.0 Å². The Balaban J connectivity index is 2.27. The van der Waals surface area contributed by atoms with Gasteiger partial charge in [0.25, 0.3) is 0 Å². The van der Waals surface area contributed by atoms with Gasteiger partial charge in [-0.15, -0.1) is 0 Å². The van der Waals surface area contributed by atoms with E-state index >= 15 is 0 Å². The molecule has 0 amide bonds. The lowest BCUT2D eigenvalue weighted by atomic mass is 10.2. The number of benzene rings is 1. The van der Waals surface area contributed by atoms with Crippen LogP contribution < -0.4 is 9.47 Å². The maximum absolute atomic E-state index is 13.9. The summed E-state index contributed by atoms with van der Waals surface area (Å²) >= 11 is 5.99. The van der Waals surface area contributed by atoms with Gasteiger partial charge in [0.05, 0.1) is 17.9 Å². The van der Waals surface area contributed by atoms with Gasteiger partial charge in [-0.05, 0) is 19.9 Å². The first-order valence-electron chi connectivity index (χ1n) is 6.57. The van der Waals surface area contributed by atoms with E-state index in [4.69, 9.17) is 21.1 Å². The molecule has 0 saturated carbocycles. The number of carbonyl (C=O) groups excluding carboxylic acids is 1. The fraction of sp³-hybridized carbons (Fsp3) is 0.200. The molecule has 2 rings (SSSR count). The molecule has 4 nitrogen and oxygen atoms in total. The third-order valence-corrected chi connectivity index (χ3v) is 3.23. The largest absolute Gasteiger partial charge is 0.474 e. The van der Waals surface area contributed by atoms with E-state index in [0.29, 0.717) is 0 Å². The van der Waals surface area contributed by atoms with Gasteiger partial charge >= 0.3 is 0 Å². The summed E-state index contributed by atoms with van der Waals surface area (Å²) in [6.45, 7) is 3.63. The lowest BCUT2D eigenvalue weighted by Crippen LogP contribution is -2.07. The van der Waals surface area contributed by atoms with E-state index in [1.807, 2.05) is 13.8 Å². The van der Waals surface area contributed by atoms with Crippen LogP contribution in [0.15, 0.2) is 24.4 Å². The molecule has 1 unspecified atom stereocenters. The minimum Gasteiger partial charge on any atom is -0.474 e. The Morgan fingerprint density at radius 3 is 2.52 bits per heavy atom. The minimum absolute atomic E-state index is 0.106. The van der Waals surface area contributed by atoms with Crippen molar-refractivity contribution in [1.29, 1.82) is 0 Å². The molecule has 122 valence electrons. The Hall–Kier alpha value is -1.78. The lowest BCUT2D eigenvalue weighted by molar-refractivity contribution is 0.108. The molecule has 0 bridgehead atoms. The second-order valence-corrected chi connectivity index (χ2v) is 5.78. The van der Waals surface area contributed by atoms with Crippen LogP contribution in [0.2, 0.25) is 5.02 Å². The van der Waals surface area contributed by atoms with Gasteiger partial charge in [-0.3, -0.25) is 4.79 Å². The molecule has 0 aliphatic rings. The number of hydrogen-bond acceptors (Lipinski definition) is 4. The second kappa shape index (κ2) is 7.20. The maximum Gasteiger partial charge on any atom is 0.233 e. The Bertz CT molecular complexity index is 756. The van der Waals surface area contributed by atoms with Crippen molar-refractivity contribution in [3.05, 3.63) is 46.6 Å². The van der Waals surface area contributed by atoms with Crippen LogP contribution >= 0.6 is 20.8 Å². The number of carbonyl (C=O) groups is 1. The molecule has 2 aromatic rings. The molecule has 0 radical (unpaired) electrons. The first-order valence-corrected chi connectivity index (χ1v) is 7.52. The van der Waals surface area contributed by atoms with Crippen LogP contribution in [0.4, 0.5) is 8.78 Å². The summed E-state index contributed by atoms with van der Waals surface area (Å²) in [5.41, 5.74) is -1.04. The van der Waals surface area contributed by atoms with Crippen molar-refractivity contribution in [3.63, 3.8) is 0 Å². The fourth-order valence-electron chi connectivity index (χ4n) is 1.70. The van der Waals surface area contributed by atoms with Crippen LogP contribution in [-0.2, 0) is 0 Å². The first-order chi connectivity index (χ1) is 10.8. The molecule has 1 atom stereocenters. The smallest absolute Gasteiger partial charge is 0.233 e. The second-order valence-electron chi connectivity index (χ2n) is 4.85. The van der Waals surface area contributed by atoms with Gasteiger partial charge in [0.1, 0.15) is 16.6 Å². The quantitative estimate of drug-likeness (QED) is 0.732. The zero-order valence-electron chi connectivity index (χ0n) is 12.3. The van der Waals surface area contributed by atoms with Crippen molar-refractivity contribution in [1.82, 2.24) is 4.98 Å².